The Balaban J connectivity index is 1.33. The van der Waals surface area contributed by atoms with Crippen LogP contribution in [0.25, 0.3) is 26.4 Å². The molecule has 0 bridgehead atoms. The third kappa shape index (κ3) is 6.51. The van der Waals surface area contributed by atoms with Crippen molar-refractivity contribution < 1.29 is 18.7 Å². The summed E-state index contributed by atoms with van der Waals surface area (Å²) in [7, 11) is 1.59. The van der Waals surface area contributed by atoms with Crippen LogP contribution in [-0.2, 0) is 16.1 Å². The molecule has 0 aliphatic rings. The van der Waals surface area contributed by atoms with E-state index >= 15 is 0 Å². The first-order chi connectivity index (χ1) is 19.0. The van der Waals surface area contributed by atoms with Gasteiger partial charge in [-0.15, -0.1) is 11.3 Å². The summed E-state index contributed by atoms with van der Waals surface area (Å²) in [4.78, 5) is 21.7. The van der Waals surface area contributed by atoms with Gasteiger partial charge in [0.2, 0.25) is 5.91 Å². The molecule has 0 fully saturated rings. The maximum atomic E-state index is 13.4. The summed E-state index contributed by atoms with van der Waals surface area (Å²) in [6.07, 6.45) is 4.80. The van der Waals surface area contributed by atoms with Gasteiger partial charge in [0.25, 0.3) is 0 Å². The number of benzene rings is 3. The minimum absolute atomic E-state index is 0.176. The van der Waals surface area contributed by atoms with Gasteiger partial charge in [0, 0.05) is 35.5 Å². The van der Waals surface area contributed by atoms with Crippen LogP contribution in [0.5, 0.6) is 5.75 Å². The zero-order valence-corrected chi connectivity index (χ0v) is 22.5. The first-order valence-electron chi connectivity index (χ1n) is 12.1. The predicted molar refractivity (Wildman–Crippen MR) is 154 cm³/mol. The molecule has 0 aliphatic carbocycles. The van der Waals surface area contributed by atoms with E-state index in [9.17, 15) is 9.18 Å². The number of carbonyl (C=O) groups is 1. The lowest BCUT2D eigenvalue weighted by Crippen LogP contribution is -2.24. The molecule has 2 N–H and O–H groups in total. The van der Waals surface area contributed by atoms with Gasteiger partial charge in [-0.05, 0) is 53.6 Å². The summed E-state index contributed by atoms with van der Waals surface area (Å²) in [6.45, 7) is 1.12. The molecule has 5 aromatic rings. The van der Waals surface area contributed by atoms with Crippen LogP contribution in [-0.4, -0.2) is 36.1 Å². The van der Waals surface area contributed by atoms with Gasteiger partial charge in [0.05, 0.1) is 17.0 Å². The second kappa shape index (κ2) is 12.2. The Bertz CT molecular complexity index is 1670. The number of nitrogens with one attached hydrogen (secondary N) is 2. The highest BCUT2D eigenvalue weighted by molar-refractivity contribution is 7.25. The van der Waals surface area contributed by atoms with Crippen LogP contribution in [0.2, 0.25) is 5.02 Å². The minimum atomic E-state index is -0.312. The first-order valence-corrected chi connectivity index (χ1v) is 13.3. The van der Waals surface area contributed by atoms with Crippen molar-refractivity contribution in [3.8, 4) is 5.75 Å². The molecule has 10 heteroatoms. The number of aromatic nitrogens is 2. The molecule has 5 rings (SSSR count). The van der Waals surface area contributed by atoms with E-state index in [1.165, 1.54) is 24.5 Å². The second-order valence-corrected chi connectivity index (χ2v) is 10.0. The van der Waals surface area contributed by atoms with Crippen molar-refractivity contribution in [2.24, 2.45) is 0 Å². The molecule has 0 saturated carbocycles. The molecule has 1 amide bonds. The zero-order valence-electron chi connectivity index (χ0n) is 20.9. The number of rotatable bonds is 10. The van der Waals surface area contributed by atoms with Crippen molar-refractivity contribution in [3.05, 3.63) is 95.0 Å². The van der Waals surface area contributed by atoms with Crippen LogP contribution in [0, 0.1) is 5.82 Å². The number of carbonyl (C=O) groups excluding carboxylic acids is 1. The van der Waals surface area contributed by atoms with Crippen molar-refractivity contribution in [3.63, 3.8) is 0 Å². The summed E-state index contributed by atoms with van der Waals surface area (Å²) in [5.41, 5.74) is 2.35. The fraction of sp³-hybridized carbons (Fsp3) is 0.138. The molecule has 3 aromatic carbocycles. The van der Waals surface area contributed by atoms with Crippen LogP contribution in [0.3, 0.4) is 0 Å². The van der Waals surface area contributed by atoms with E-state index in [4.69, 9.17) is 21.1 Å². The first kappa shape index (κ1) is 26.6. The van der Waals surface area contributed by atoms with E-state index in [2.05, 4.69) is 20.6 Å². The number of hydrogen-bond acceptors (Lipinski definition) is 7. The second-order valence-electron chi connectivity index (χ2n) is 8.57. The average Bonchev–Trinajstić information content (AvgIpc) is 3.30. The van der Waals surface area contributed by atoms with Gasteiger partial charge in [-0.2, -0.15) is 0 Å². The van der Waals surface area contributed by atoms with Crippen LogP contribution in [0.4, 0.5) is 15.9 Å². The van der Waals surface area contributed by atoms with Crippen LogP contribution in [0.1, 0.15) is 11.1 Å². The molecule has 0 aliphatic heterocycles. The van der Waals surface area contributed by atoms with Crippen molar-refractivity contribution in [2.45, 2.75) is 6.61 Å². The smallest absolute Gasteiger partial charge is 0.244 e. The molecule has 7 nitrogen and oxygen atoms in total. The summed E-state index contributed by atoms with van der Waals surface area (Å²) >= 11 is 8.03. The van der Waals surface area contributed by atoms with Crippen molar-refractivity contribution in [2.75, 3.05) is 25.6 Å². The van der Waals surface area contributed by atoms with E-state index in [1.54, 1.807) is 48.8 Å². The maximum absolute atomic E-state index is 13.4. The monoisotopic (exact) mass is 562 g/mol. The number of nitrogens with zero attached hydrogens (tertiary/aromatic N) is 2. The van der Waals surface area contributed by atoms with E-state index < -0.39 is 0 Å². The third-order valence-electron chi connectivity index (χ3n) is 5.80. The van der Waals surface area contributed by atoms with Crippen LogP contribution in [0.15, 0.2) is 73.1 Å². The topological polar surface area (TPSA) is 85.4 Å². The quantitative estimate of drug-likeness (QED) is 0.145. The Kier molecular flexibility index (Phi) is 8.31. The number of methoxy groups -OCH3 is 1. The van der Waals surface area contributed by atoms with Gasteiger partial charge in [-0.1, -0.05) is 35.9 Å². The summed E-state index contributed by atoms with van der Waals surface area (Å²) in [5.74, 6) is 0.655. The lowest BCUT2D eigenvalue weighted by molar-refractivity contribution is -0.116. The molecule has 198 valence electrons. The number of fused-ring (bicyclic) bond motifs is 3. The van der Waals surface area contributed by atoms with Gasteiger partial charge < -0.3 is 20.1 Å². The highest BCUT2D eigenvalue weighted by Gasteiger charge is 2.13. The van der Waals surface area contributed by atoms with Crippen LogP contribution < -0.4 is 15.4 Å². The number of hydrogen-bond donors (Lipinski definition) is 2. The summed E-state index contributed by atoms with van der Waals surface area (Å²) < 4.78 is 25.2. The molecule has 39 heavy (non-hydrogen) atoms. The van der Waals surface area contributed by atoms with Crippen molar-refractivity contribution >= 4 is 66.7 Å². The number of thiophene rings is 1. The molecule has 0 radical (unpaired) electrons. The Hall–Kier alpha value is -4.05. The van der Waals surface area contributed by atoms with E-state index in [0.29, 0.717) is 35.3 Å². The molecule has 2 heterocycles. The number of halogens is 2. The van der Waals surface area contributed by atoms with Crippen molar-refractivity contribution in [1.82, 2.24) is 15.3 Å². The van der Waals surface area contributed by atoms with E-state index in [-0.39, 0.29) is 18.3 Å². The lowest BCUT2D eigenvalue weighted by atomic mass is 10.1. The van der Waals surface area contributed by atoms with Gasteiger partial charge in [-0.3, -0.25) is 4.79 Å². The Labute approximate surface area is 233 Å². The normalized spacial score (nSPS) is 11.4. The molecular formula is C29H24ClFN4O3S. The van der Waals surface area contributed by atoms with Crippen molar-refractivity contribution in [1.29, 1.82) is 0 Å². The fourth-order valence-corrected chi connectivity index (χ4v) is 5.28. The van der Waals surface area contributed by atoms with Gasteiger partial charge >= 0.3 is 0 Å². The Morgan fingerprint density at radius 3 is 2.85 bits per heavy atom. The Morgan fingerprint density at radius 2 is 2.03 bits per heavy atom. The number of anilines is 2. The molecular weight excluding hydrogens is 539 g/mol. The molecule has 0 saturated heterocycles. The van der Waals surface area contributed by atoms with Gasteiger partial charge in [0.1, 0.15) is 35.1 Å². The maximum Gasteiger partial charge on any atom is 0.244 e. The Morgan fingerprint density at radius 1 is 1.13 bits per heavy atom. The average molecular weight is 563 g/mol. The zero-order chi connectivity index (χ0) is 27.2. The summed E-state index contributed by atoms with van der Waals surface area (Å²) in [6, 6.07) is 17.6. The highest BCUT2D eigenvalue weighted by atomic mass is 35.5. The molecule has 0 unspecified atom stereocenters. The van der Waals surface area contributed by atoms with E-state index in [1.807, 2.05) is 24.3 Å². The van der Waals surface area contributed by atoms with Gasteiger partial charge in [0.15, 0.2) is 0 Å². The van der Waals surface area contributed by atoms with Crippen LogP contribution >= 0.6 is 22.9 Å². The standard InChI is InChI=1S/C29H24ClFN4O3S/c1-37-12-11-32-26(36)10-6-18-5-8-22-25(14-18)39-29-27(22)28(33-17-34-29)35-21-7-9-24(23(30)15-21)38-16-19-3-2-4-20(31)13-19/h2-10,13-15,17H,11-12,16H2,1H3,(H,32,36)(H,33,34,35). The molecule has 0 spiro atoms. The largest absolute Gasteiger partial charge is 0.487 e. The molecule has 0 atom stereocenters. The minimum Gasteiger partial charge on any atom is -0.487 e. The SMILES string of the molecule is COCCNC(=O)C=Cc1ccc2c(c1)sc1ncnc(Nc3ccc(OCc4cccc(F)c4)c(Cl)c3)c12. The predicted octanol–water partition coefficient (Wildman–Crippen LogP) is 6.74. The van der Waals surface area contributed by atoms with Gasteiger partial charge in [-0.25, -0.2) is 14.4 Å². The highest BCUT2D eigenvalue weighted by Crippen LogP contribution is 2.38. The number of ether oxygens (including phenoxy) is 2. The molecule has 2 aromatic heterocycles. The van der Waals surface area contributed by atoms with E-state index in [0.717, 1.165) is 31.6 Å². The third-order valence-corrected chi connectivity index (χ3v) is 7.16. The lowest BCUT2D eigenvalue weighted by Gasteiger charge is -2.11. The fourth-order valence-electron chi connectivity index (χ4n) is 3.95. The number of amides is 1. The summed E-state index contributed by atoms with van der Waals surface area (Å²) in [5, 5.41) is 8.42.